The lowest BCUT2D eigenvalue weighted by molar-refractivity contribution is 0.586. The van der Waals surface area contributed by atoms with Crippen LogP contribution < -0.4 is 4.72 Å². The molecule has 1 aromatic carbocycles. The summed E-state index contributed by atoms with van der Waals surface area (Å²) in [7, 11) is -3.46. The van der Waals surface area contributed by atoms with Crippen LogP contribution >= 0.6 is 0 Å². The Morgan fingerprint density at radius 2 is 1.79 bits per heavy atom. The number of aromatic nitrogens is 7. The molecule has 0 unspecified atom stereocenters. The third kappa shape index (κ3) is 4.62. The maximum Gasteiger partial charge on any atom is 0.209 e. The molecule has 3 N–H and O–H groups in total. The molecule has 5 heterocycles. The normalized spacial score (nSPS) is 12.0. The van der Waals surface area contributed by atoms with E-state index in [2.05, 4.69) is 39.8 Å². The van der Waals surface area contributed by atoms with Crippen LogP contribution in [0.2, 0.25) is 0 Å². The van der Waals surface area contributed by atoms with Crippen molar-refractivity contribution in [3.8, 4) is 33.9 Å². The van der Waals surface area contributed by atoms with Crippen LogP contribution in [0, 0.1) is 18.6 Å². The fraction of sp³-hybridized carbons (Fsp3) is 0.115. The standard InChI is InChI=1S/C26H20F2N8O2S/c1-13-3-4-29-9-17(13)24-22(28)21-19(12-31-24)35-36-25(21)26-33-20-11-30-10-18(23(20)34-26)15-5-14(6-16(27)7-15)8-32-39(2,37)38/h3-7,9-12,32H,8H2,1-2H3,(H,33,34)(H,35,36). The van der Waals surface area contributed by atoms with Crippen molar-refractivity contribution in [2.75, 3.05) is 6.26 Å². The first kappa shape index (κ1) is 24.7. The van der Waals surface area contributed by atoms with Crippen molar-refractivity contribution in [2.45, 2.75) is 13.5 Å². The summed E-state index contributed by atoms with van der Waals surface area (Å²) in [4.78, 5) is 20.4. The SMILES string of the molecule is Cc1ccncc1-c1ncc2[nH]nc(-c3nc4c(-c5cc(F)cc(CNS(C)(=O)=O)c5)cncc4[nH]3)c2c1F. The summed E-state index contributed by atoms with van der Waals surface area (Å²) in [5.74, 6) is -0.837. The van der Waals surface area contributed by atoms with Gasteiger partial charge in [-0.25, -0.2) is 26.9 Å². The number of pyridine rings is 3. The second-order valence-corrected chi connectivity index (χ2v) is 10.9. The van der Waals surface area contributed by atoms with Gasteiger partial charge in [-0.15, -0.1) is 0 Å². The molecule has 0 aliphatic carbocycles. The van der Waals surface area contributed by atoms with E-state index in [0.717, 1.165) is 11.8 Å². The van der Waals surface area contributed by atoms with Crippen LogP contribution in [0.5, 0.6) is 0 Å². The van der Waals surface area contributed by atoms with Gasteiger partial charge in [-0.3, -0.25) is 20.1 Å². The molecule has 0 aliphatic rings. The van der Waals surface area contributed by atoms with Crippen molar-refractivity contribution in [3.63, 3.8) is 0 Å². The molecule has 13 heteroatoms. The zero-order chi connectivity index (χ0) is 27.3. The fourth-order valence-electron chi connectivity index (χ4n) is 4.43. The van der Waals surface area contributed by atoms with Crippen molar-refractivity contribution in [1.29, 1.82) is 0 Å². The van der Waals surface area contributed by atoms with Gasteiger partial charge < -0.3 is 4.98 Å². The lowest BCUT2D eigenvalue weighted by Gasteiger charge is -2.07. The van der Waals surface area contributed by atoms with Crippen LogP contribution in [0.1, 0.15) is 11.1 Å². The van der Waals surface area contributed by atoms with Gasteiger partial charge >= 0.3 is 0 Å². The summed E-state index contributed by atoms with van der Waals surface area (Å²) in [5, 5.41) is 7.31. The Balaban J connectivity index is 1.47. The highest BCUT2D eigenvalue weighted by Crippen LogP contribution is 2.35. The topological polar surface area (TPSA) is 142 Å². The second-order valence-electron chi connectivity index (χ2n) is 9.08. The first-order valence-corrected chi connectivity index (χ1v) is 13.6. The van der Waals surface area contributed by atoms with Crippen molar-refractivity contribution in [2.24, 2.45) is 0 Å². The van der Waals surface area contributed by atoms with Crippen LogP contribution in [0.25, 0.3) is 55.8 Å². The molecule has 0 fully saturated rings. The average Bonchev–Trinajstić information content (AvgIpc) is 3.52. The van der Waals surface area contributed by atoms with Crippen LogP contribution in [0.3, 0.4) is 0 Å². The molecular formula is C26H20F2N8O2S. The van der Waals surface area contributed by atoms with Gasteiger partial charge in [0.05, 0.1) is 40.6 Å². The highest BCUT2D eigenvalue weighted by molar-refractivity contribution is 7.88. The predicted molar refractivity (Wildman–Crippen MR) is 142 cm³/mol. The van der Waals surface area contributed by atoms with E-state index in [1.54, 1.807) is 30.7 Å². The van der Waals surface area contributed by atoms with E-state index in [1.807, 2.05) is 6.92 Å². The second kappa shape index (κ2) is 9.29. The van der Waals surface area contributed by atoms with Crippen molar-refractivity contribution in [1.82, 2.24) is 39.8 Å². The van der Waals surface area contributed by atoms with E-state index >= 15 is 4.39 Å². The maximum atomic E-state index is 15.9. The van der Waals surface area contributed by atoms with E-state index in [4.69, 9.17) is 0 Å². The Bertz CT molecular complexity index is 2000. The van der Waals surface area contributed by atoms with Gasteiger partial charge in [0.25, 0.3) is 0 Å². The van der Waals surface area contributed by atoms with Gasteiger partial charge in [-0.05, 0) is 47.9 Å². The first-order chi connectivity index (χ1) is 18.7. The van der Waals surface area contributed by atoms with E-state index < -0.39 is 21.7 Å². The lowest BCUT2D eigenvalue weighted by atomic mass is 10.0. The minimum Gasteiger partial charge on any atom is -0.335 e. The van der Waals surface area contributed by atoms with Crippen LogP contribution in [0.4, 0.5) is 8.78 Å². The van der Waals surface area contributed by atoms with Gasteiger partial charge in [0, 0.05) is 36.3 Å². The average molecular weight is 547 g/mol. The highest BCUT2D eigenvalue weighted by atomic mass is 32.2. The van der Waals surface area contributed by atoms with Gasteiger partial charge in [-0.2, -0.15) is 5.10 Å². The molecule has 6 aromatic rings. The minimum absolute atomic E-state index is 0.0792. The zero-order valence-electron chi connectivity index (χ0n) is 20.6. The first-order valence-electron chi connectivity index (χ1n) is 11.7. The molecule has 0 aliphatic heterocycles. The van der Waals surface area contributed by atoms with Gasteiger partial charge in [-0.1, -0.05) is 0 Å². The highest BCUT2D eigenvalue weighted by Gasteiger charge is 2.22. The van der Waals surface area contributed by atoms with Crippen LogP contribution in [-0.2, 0) is 16.6 Å². The number of sulfonamides is 1. The number of aryl methyl sites for hydroxylation is 1. The smallest absolute Gasteiger partial charge is 0.209 e. The Labute approximate surface area is 220 Å². The predicted octanol–water partition coefficient (Wildman–Crippen LogP) is 4.26. The number of nitrogens with one attached hydrogen (secondary N) is 3. The molecule has 0 atom stereocenters. The number of H-pyrrole nitrogens is 2. The summed E-state index contributed by atoms with van der Waals surface area (Å²) < 4.78 is 55.7. The number of rotatable bonds is 6. The van der Waals surface area contributed by atoms with Gasteiger partial charge in [0.2, 0.25) is 10.0 Å². The third-order valence-corrected chi connectivity index (χ3v) is 6.93. The summed E-state index contributed by atoms with van der Waals surface area (Å²) in [6, 6.07) is 6.00. The number of aromatic amines is 2. The molecule has 10 nitrogen and oxygen atoms in total. The Hall–Kier alpha value is -4.62. The van der Waals surface area contributed by atoms with E-state index in [-0.39, 0.29) is 29.1 Å². The van der Waals surface area contributed by atoms with Crippen molar-refractivity contribution < 1.29 is 17.2 Å². The molecule has 196 valence electrons. The molecule has 6 rings (SSSR count). The number of nitrogens with zero attached hydrogens (tertiary/aromatic N) is 5. The summed E-state index contributed by atoms with van der Waals surface area (Å²) in [6.07, 6.45) is 8.81. The molecule has 5 aromatic heterocycles. The molecule has 0 amide bonds. The molecule has 0 spiro atoms. The maximum absolute atomic E-state index is 15.9. The number of benzene rings is 1. The number of imidazole rings is 1. The molecule has 39 heavy (non-hydrogen) atoms. The van der Waals surface area contributed by atoms with Crippen molar-refractivity contribution in [3.05, 3.63) is 78.0 Å². The van der Waals surface area contributed by atoms with Gasteiger partial charge in [0.1, 0.15) is 17.2 Å². The van der Waals surface area contributed by atoms with Crippen LogP contribution in [-0.4, -0.2) is 49.8 Å². The van der Waals surface area contributed by atoms with Crippen LogP contribution in [0.15, 0.2) is 55.2 Å². The Morgan fingerprint density at radius 3 is 2.59 bits per heavy atom. The number of halogens is 2. The summed E-state index contributed by atoms with van der Waals surface area (Å²) >= 11 is 0. The number of hydrogen-bond acceptors (Lipinski definition) is 7. The van der Waals surface area contributed by atoms with Crippen molar-refractivity contribution >= 4 is 32.0 Å². The number of fused-ring (bicyclic) bond motifs is 2. The molecule has 0 radical (unpaired) electrons. The van der Waals surface area contributed by atoms with E-state index in [0.29, 0.717) is 38.8 Å². The van der Waals surface area contributed by atoms with Gasteiger partial charge in [0.15, 0.2) is 11.6 Å². The quantitative estimate of drug-likeness (QED) is 0.283. The minimum atomic E-state index is -3.46. The summed E-state index contributed by atoms with van der Waals surface area (Å²) in [5.41, 5.74) is 4.52. The molecule has 0 saturated carbocycles. The lowest BCUT2D eigenvalue weighted by Crippen LogP contribution is -2.21. The number of hydrogen-bond donors (Lipinski definition) is 3. The molecular weight excluding hydrogens is 526 g/mol. The Kier molecular flexibility index (Phi) is 5.88. The Morgan fingerprint density at radius 1 is 0.974 bits per heavy atom. The molecule has 0 bridgehead atoms. The monoisotopic (exact) mass is 546 g/mol. The largest absolute Gasteiger partial charge is 0.335 e. The summed E-state index contributed by atoms with van der Waals surface area (Å²) in [6.45, 7) is 1.77. The van der Waals surface area contributed by atoms with E-state index in [9.17, 15) is 12.8 Å². The van der Waals surface area contributed by atoms with E-state index in [1.165, 1.54) is 24.5 Å². The third-order valence-electron chi connectivity index (χ3n) is 6.26. The zero-order valence-corrected chi connectivity index (χ0v) is 21.4. The molecule has 0 saturated heterocycles. The fourth-order valence-corrected chi connectivity index (χ4v) is 4.85.